The van der Waals surface area contributed by atoms with Crippen molar-refractivity contribution in [2.24, 2.45) is 4.99 Å². The van der Waals surface area contributed by atoms with E-state index in [1.807, 2.05) is 60.8 Å². The lowest BCUT2D eigenvalue weighted by Gasteiger charge is -2.13. The van der Waals surface area contributed by atoms with Crippen LogP contribution in [0.4, 0.5) is 5.69 Å². The van der Waals surface area contributed by atoms with Crippen LogP contribution in [0, 0.1) is 13.8 Å². The molecule has 0 radical (unpaired) electrons. The summed E-state index contributed by atoms with van der Waals surface area (Å²) in [5.74, 6) is 3.22. The molecule has 0 unspecified atom stereocenters. The Morgan fingerprint density at radius 3 is 2.18 bits per heavy atom. The molecular weight excluding hydrogens is 484 g/mol. The highest BCUT2D eigenvalue weighted by Crippen LogP contribution is 2.30. The predicted octanol–water partition coefficient (Wildman–Crippen LogP) is 7.25. The third-order valence-electron chi connectivity index (χ3n) is 6.71. The SMILES string of the molecule is Cc1ccc(OCC2=NC=C(Cc3ccc4nc(COc5ccc(C)cc5)[nH]c4c3)c3ccccc3N2)cc1. The summed E-state index contributed by atoms with van der Waals surface area (Å²) in [4.78, 5) is 12.9. The fourth-order valence-electron chi connectivity index (χ4n) is 4.58. The summed E-state index contributed by atoms with van der Waals surface area (Å²) >= 11 is 0. The molecule has 1 aromatic heterocycles. The molecule has 5 aromatic rings. The van der Waals surface area contributed by atoms with Crippen molar-refractivity contribution in [3.8, 4) is 11.5 Å². The van der Waals surface area contributed by atoms with Gasteiger partial charge in [-0.3, -0.25) is 0 Å². The molecule has 0 amide bonds. The van der Waals surface area contributed by atoms with Crippen LogP contribution < -0.4 is 14.8 Å². The van der Waals surface area contributed by atoms with Crippen molar-refractivity contribution < 1.29 is 9.47 Å². The van der Waals surface area contributed by atoms with Gasteiger partial charge in [0.25, 0.3) is 0 Å². The number of rotatable bonds is 8. The maximum absolute atomic E-state index is 5.98. The van der Waals surface area contributed by atoms with Crippen molar-refractivity contribution in [2.75, 3.05) is 11.9 Å². The number of aromatic amines is 1. The molecule has 1 aliphatic rings. The van der Waals surface area contributed by atoms with Gasteiger partial charge in [-0.25, -0.2) is 9.98 Å². The topological polar surface area (TPSA) is 71.5 Å². The first-order chi connectivity index (χ1) is 19.1. The van der Waals surface area contributed by atoms with Crippen LogP contribution in [0.2, 0.25) is 0 Å². The molecule has 1 aliphatic heterocycles. The Hall–Kier alpha value is -4.84. The summed E-state index contributed by atoms with van der Waals surface area (Å²) in [5, 5.41) is 3.46. The van der Waals surface area contributed by atoms with Gasteiger partial charge in [0, 0.05) is 17.5 Å². The summed E-state index contributed by atoms with van der Waals surface area (Å²) in [5.41, 5.74) is 8.78. The lowest BCUT2D eigenvalue weighted by atomic mass is 9.97. The van der Waals surface area contributed by atoms with E-state index in [0.717, 1.165) is 57.4 Å². The van der Waals surface area contributed by atoms with Crippen LogP contribution in [0.15, 0.2) is 102 Å². The minimum Gasteiger partial charge on any atom is -0.486 e. The van der Waals surface area contributed by atoms with Gasteiger partial charge in [0.15, 0.2) is 0 Å². The summed E-state index contributed by atoms with van der Waals surface area (Å²) in [6.45, 7) is 4.87. The zero-order valence-electron chi connectivity index (χ0n) is 22.1. The fraction of sp³-hybridized carbons (Fsp3) is 0.152. The van der Waals surface area contributed by atoms with Gasteiger partial charge in [-0.1, -0.05) is 59.7 Å². The number of nitrogens with zero attached hydrogens (tertiary/aromatic N) is 2. The highest BCUT2D eigenvalue weighted by molar-refractivity contribution is 6.01. The quantitative estimate of drug-likeness (QED) is 0.229. The number of amidine groups is 1. The zero-order valence-corrected chi connectivity index (χ0v) is 22.1. The second-order valence-corrected chi connectivity index (χ2v) is 9.82. The summed E-state index contributed by atoms with van der Waals surface area (Å²) in [6, 6.07) is 30.7. The normalized spacial score (nSPS) is 12.7. The van der Waals surface area contributed by atoms with Gasteiger partial charge >= 0.3 is 0 Å². The number of ether oxygens (including phenoxy) is 2. The number of benzene rings is 4. The lowest BCUT2D eigenvalue weighted by molar-refractivity contribution is 0.297. The standard InChI is InChI=1S/C33H30N4O2/c1-22-7-12-26(13-8-22)38-20-32-34-19-25(28-5-3-4-6-29(28)35-32)17-24-11-16-30-31(18-24)37-33(36-30)21-39-27-14-9-23(2)10-15-27/h3-16,18-19H,17,20-21H2,1-2H3,(H,34,35)(H,36,37). The molecule has 0 bridgehead atoms. The number of hydrogen-bond acceptors (Lipinski definition) is 5. The number of aryl methyl sites for hydroxylation is 2. The molecule has 6 nitrogen and oxygen atoms in total. The number of nitrogens with one attached hydrogen (secondary N) is 2. The van der Waals surface area contributed by atoms with E-state index in [4.69, 9.17) is 19.5 Å². The number of fused-ring (bicyclic) bond motifs is 2. The average molecular weight is 515 g/mol. The van der Waals surface area contributed by atoms with Crippen LogP contribution >= 0.6 is 0 Å². The molecule has 194 valence electrons. The Labute approximate surface area is 228 Å². The van der Waals surface area contributed by atoms with Crippen molar-refractivity contribution >= 4 is 28.1 Å². The summed E-state index contributed by atoms with van der Waals surface area (Å²) < 4.78 is 11.9. The van der Waals surface area contributed by atoms with Gasteiger partial charge < -0.3 is 19.8 Å². The minimum atomic E-state index is 0.356. The van der Waals surface area contributed by atoms with Gasteiger partial charge in [0.1, 0.15) is 36.4 Å². The highest BCUT2D eigenvalue weighted by atomic mass is 16.5. The van der Waals surface area contributed by atoms with E-state index in [9.17, 15) is 0 Å². The van der Waals surface area contributed by atoms with Crippen molar-refractivity contribution in [2.45, 2.75) is 26.9 Å². The van der Waals surface area contributed by atoms with Gasteiger partial charge in [-0.05, 0) is 73.9 Å². The molecule has 4 aromatic carbocycles. The Kier molecular flexibility index (Phi) is 6.83. The average Bonchev–Trinajstić information content (AvgIpc) is 3.28. The monoisotopic (exact) mass is 514 g/mol. The van der Waals surface area contributed by atoms with Crippen LogP contribution in [0.1, 0.15) is 28.1 Å². The van der Waals surface area contributed by atoms with Crippen LogP contribution in [0.25, 0.3) is 16.6 Å². The zero-order chi connectivity index (χ0) is 26.6. The van der Waals surface area contributed by atoms with E-state index >= 15 is 0 Å². The molecule has 0 saturated heterocycles. The molecule has 2 N–H and O–H groups in total. The minimum absolute atomic E-state index is 0.356. The number of H-pyrrole nitrogens is 1. The van der Waals surface area contributed by atoms with E-state index in [0.29, 0.717) is 13.2 Å². The van der Waals surface area contributed by atoms with Crippen LogP contribution in [0.5, 0.6) is 11.5 Å². The van der Waals surface area contributed by atoms with Crippen molar-refractivity contribution in [1.82, 2.24) is 9.97 Å². The molecule has 2 heterocycles. The Balaban J connectivity index is 1.19. The number of hydrogen-bond donors (Lipinski definition) is 2. The molecular formula is C33H30N4O2. The van der Waals surface area contributed by atoms with Crippen molar-refractivity contribution in [3.63, 3.8) is 0 Å². The third-order valence-corrected chi connectivity index (χ3v) is 6.71. The second kappa shape index (κ2) is 10.9. The number of para-hydroxylation sites is 1. The van der Waals surface area contributed by atoms with Crippen molar-refractivity contribution in [1.29, 1.82) is 0 Å². The number of anilines is 1. The van der Waals surface area contributed by atoms with Gasteiger partial charge in [0.2, 0.25) is 0 Å². The first-order valence-corrected chi connectivity index (χ1v) is 13.1. The first-order valence-electron chi connectivity index (χ1n) is 13.1. The van der Waals surface area contributed by atoms with Crippen LogP contribution in [-0.2, 0) is 13.0 Å². The molecule has 0 spiro atoms. The van der Waals surface area contributed by atoms with Gasteiger partial charge in [-0.2, -0.15) is 0 Å². The van der Waals surface area contributed by atoms with Crippen molar-refractivity contribution in [3.05, 3.63) is 125 Å². The molecule has 0 saturated carbocycles. The van der Waals surface area contributed by atoms with Crippen LogP contribution in [-0.4, -0.2) is 22.4 Å². The number of allylic oxidation sites excluding steroid dienone is 1. The first kappa shape index (κ1) is 24.5. The van der Waals surface area contributed by atoms with Crippen LogP contribution in [0.3, 0.4) is 0 Å². The number of imidazole rings is 1. The third kappa shape index (κ3) is 5.85. The number of aromatic nitrogens is 2. The Bertz CT molecular complexity index is 1660. The largest absolute Gasteiger partial charge is 0.486 e. The molecule has 6 rings (SSSR count). The maximum atomic E-state index is 5.98. The lowest BCUT2D eigenvalue weighted by Crippen LogP contribution is -2.20. The van der Waals surface area contributed by atoms with Gasteiger partial charge in [0.05, 0.1) is 11.0 Å². The Morgan fingerprint density at radius 2 is 1.44 bits per heavy atom. The fourth-order valence-corrected chi connectivity index (χ4v) is 4.58. The smallest absolute Gasteiger partial charge is 0.146 e. The predicted molar refractivity (Wildman–Crippen MR) is 157 cm³/mol. The highest BCUT2D eigenvalue weighted by Gasteiger charge is 2.15. The summed E-state index contributed by atoms with van der Waals surface area (Å²) in [6.07, 6.45) is 2.68. The van der Waals surface area contributed by atoms with E-state index in [-0.39, 0.29) is 0 Å². The number of aliphatic imine (C=N–C) groups is 1. The van der Waals surface area contributed by atoms with E-state index < -0.39 is 0 Å². The summed E-state index contributed by atoms with van der Waals surface area (Å²) in [7, 11) is 0. The maximum Gasteiger partial charge on any atom is 0.146 e. The molecule has 0 fully saturated rings. The van der Waals surface area contributed by atoms with E-state index in [1.165, 1.54) is 16.7 Å². The Morgan fingerprint density at radius 1 is 0.744 bits per heavy atom. The van der Waals surface area contributed by atoms with Gasteiger partial charge in [-0.15, -0.1) is 0 Å². The molecule has 39 heavy (non-hydrogen) atoms. The molecule has 0 atom stereocenters. The second-order valence-electron chi connectivity index (χ2n) is 9.82. The van der Waals surface area contributed by atoms with E-state index in [2.05, 4.69) is 60.5 Å². The van der Waals surface area contributed by atoms with E-state index in [1.54, 1.807) is 0 Å². The molecule has 6 heteroatoms. The molecule has 0 aliphatic carbocycles.